The molecule has 5 rings (SSSR count). The molecule has 4 aromatic rings. The molecule has 1 aliphatic rings. The van der Waals surface area contributed by atoms with Crippen LogP contribution in [0.5, 0.6) is 28.9 Å². The third-order valence-corrected chi connectivity index (χ3v) is 6.58. The van der Waals surface area contributed by atoms with Gasteiger partial charge in [-0.1, -0.05) is 36.4 Å². The van der Waals surface area contributed by atoms with E-state index < -0.39 is 23.2 Å². The first-order valence-corrected chi connectivity index (χ1v) is 13.0. The number of nitriles is 1. The van der Waals surface area contributed by atoms with Crippen molar-refractivity contribution in [2.75, 3.05) is 20.4 Å². The van der Waals surface area contributed by atoms with Gasteiger partial charge in [0.25, 0.3) is 5.91 Å². The lowest BCUT2D eigenvalue weighted by atomic mass is 9.94. The number of amides is 1. The van der Waals surface area contributed by atoms with Crippen LogP contribution in [0.2, 0.25) is 0 Å². The van der Waals surface area contributed by atoms with E-state index in [9.17, 15) is 23.2 Å². The number of aryl methyl sites for hydroxylation is 1. The Balaban J connectivity index is 1.48. The Labute approximate surface area is 244 Å². The Morgan fingerprint density at radius 2 is 1.79 bits per heavy atom. The minimum atomic E-state index is -4.67. The molecule has 11 heteroatoms. The summed E-state index contributed by atoms with van der Waals surface area (Å²) in [6, 6.07) is 18.8. The highest BCUT2D eigenvalue weighted by atomic mass is 19.4. The minimum Gasteiger partial charge on any atom is -0.497 e. The average Bonchev–Trinajstić information content (AvgIpc) is 3.47. The number of alkyl halides is 3. The van der Waals surface area contributed by atoms with Gasteiger partial charge in [0.15, 0.2) is 11.5 Å². The number of rotatable bonds is 8. The lowest BCUT2D eigenvalue weighted by molar-refractivity contribution is -0.137. The quantitative estimate of drug-likeness (QED) is 0.239. The monoisotopic (exact) mass is 587 g/mol. The van der Waals surface area contributed by atoms with Crippen LogP contribution in [0.25, 0.3) is 17.2 Å². The molecule has 43 heavy (non-hydrogen) atoms. The molecular formula is C32H24F3N3O5. The summed E-state index contributed by atoms with van der Waals surface area (Å²) in [4.78, 5) is 17.1. The minimum absolute atomic E-state index is 0.0684. The van der Waals surface area contributed by atoms with Gasteiger partial charge in [0, 0.05) is 29.4 Å². The van der Waals surface area contributed by atoms with E-state index in [2.05, 4.69) is 16.4 Å². The molecule has 0 fully saturated rings. The number of fused-ring (bicyclic) bond motifs is 1. The number of methoxy groups -OCH3 is 1. The maximum atomic E-state index is 13.4. The molecule has 2 heterocycles. The predicted molar refractivity (Wildman–Crippen MR) is 151 cm³/mol. The van der Waals surface area contributed by atoms with Crippen LogP contribution in [-0.2, 0) is 6.18 Å². The lowest BCUT2D eigenvalue weighted by Crippen LogP contribution is -2.26. The fourth-order valence-electron chi connectivity index (χ4n) is 4.53. The molecule has 1 aromatic heterocycles. The molecule has 1 N–H and O–H groups in total. The van der Waals surface area contributed by atoms with Crippen molar-refractivity contribution in [3.05, 3.63) is 101 Å². The number of carbonyl (C=O) groups excluding carboxylic acids is 1. The van der Waals surface area contributed by atoms with E-state index in [0.717, 1.165) is 12.1 Å². The number of ether oxygens (including phenoxy) is 4. The Hall–Kier alpha value is -5.50. The summed E-state index contributed by atoms with van der Waals surface area (Å²) < 4.78 is 62.2. The number of halogens is 3. The highest BCUT2D eigenvalue weighted by Crippen LogP contribution is 2.40. The largest absolute Gasteiger partial charge is 0.497 e. The number of nitrogens with zero attached hydrogens (tertiary/aromatic N) is 2. The van der Waals surface area contributed by atoms with E-state index in [1.807, 2.05) is 0 Å². The van der Waals surface area contributed by atoms with Gasteiger partial charge in [-0.05, 0) is 48.9 Å². The highest BCUT2D eigenvalue weighted by Gasteiger charge is 2.34. The normalized spacial score (nSPS) is 12.2. The van der Waals surface area contributed by atoms with Crippen LogP contribution in [0.15, 0.2) is 72.8 Å². The fourth-order valence-corrected chi connectivity index (χ4v) is 4.53. The van der Waals surface area contributed by atoms with Crippen LogP contribution in [0, 0.1) is 18.3 Å². The number of nitrogens with one attached hydrogen (secondary N) is 1. The summed E-state index contributed by atoms with van der Waals surface area (Å²) in [6.07, 6.45) is -1.44. The number of carbonyl (C=O) groups is 1. The summed E-state index contributed by atoms with van der Waals surface area (Å²) in [5, 5.41) is 12.8. The molecule has 1 aliphatic heterocycles. The van der Waals surface area contributed by atoms with E-state index in [1.165, 1.54) is 12.1 Å². The van der Waals surface area contributed by atoms with E-state index in [4.69, 9.17) is 18.9 Å². The highest BCUT2D eigenvalue weighted by molar-refractivity contribution is 5.96. The summed E-state index contributed by atoms with van der Waals surface area (Å²) >= 11 is 0. The number of pyridine rings is 1. The first-order chi connectivity index (χ1) is 20.7. The molecule has 0 saturated carbocycles. The van der Waals surface area contributed by atoms with Gasteiger partial charge >= 0.3 is 6.18 Å². The van der Waals surface area contributed by atoms with E-state index in [-0.39, 0.29) is 24.8 Å². The van der Waals surface area contributed by atoms with Gasteiger partial charge in [0.1, 0.15) is 23.1 Å². The smallest absolute Gasteiger partial charge is 0.417 e. The SMILES string of the molecule is COc1ccc(-c2c(C#N)c(Oc3ccc4c(c3)OCO4)nc(C)c2C=CCNC(=O)c2ccccc2C(F)(F)F)cc1. The molecule has 0 radical (unpaired) electrons. The van der Waals surface area contributed by atoms with Crippen molar-refractivity contribution in [3.63, 3.8) is 0 Å². The van der Waals surface area contributed by atoms with Crippen LogP contribution in [0.4, 0.5) is 13.2 Å². The van der Waals surface area contributed by atoms with Crippen molar-refractivity contribution in [2.24, 2.45) is 0 Å². The summed E-state index contributed by atoms with van der Waals surface area (Å²) in [6.45, 7) is 1.75. The summed E-state index contributed by atoms with van der Waals surface area (Å²) in [7, 11) is 1.54. The topological polar surface area (TPSA) is 103 Å². The van der Waals surface area contributed by atoms with Crippen LogP contribution in [0.1, 0.15) is 32.7 Å². The van der Waals surface area contributed by atoms with Crippen LogP contribution < -0.4 is 24.3 Å². The standard InChI is InChI=1S/C32H24F3N3O5/c1-19-23(7-5-15-37-30(39)24-6-3-4-8-26(24)32(33,34)35)29(20-9-11-21(40-2)12-10-20)25(17-36)31(38-19)43-22-13-14-27-28(16-22)42-18-41-27/h3-14,16H,15,18H2,1-2H3,(H,37,39). The molecule has 0 atom stereocenters. The zero-order chi connectivity index (χ0) is 30.6. The van der Waals surface area contributed by atoms with E-state index in [0.29, 0.717) is 45.4 Å². The van der Waals surface area contributed by atoms with Crippen molar-refractivity contribution < 1.29 is 36.9 Å². The number of benzene rings is 3. The first-order valence-electron chi connectivity index (χ1n) is 13.0. The average molecular weight is 588 g/mol. The van der Waals surface area contributed by atoms with Gasteiger partial charge in [0.05, 0.1) is 18.2 Å². The van der Waals surface area contributed by atoms with Gasteiger partial charge < -0.3 is 24.3 Å². The Kier molecular flexibility index (Phi) is 8.20. The Bertz CT molecular complexity index is 1750. The van der Waals surface area contributed by atoms with E-state index in [1.54, 1.807) is 68.7 Å². The maximum Gasteiger partial charge on any atom is 0.417 e. The summed E-state index contributed by atoms with van der Waals surface area (Å²) in [5.74, 6) is 1.28. The molecular weight excluding hydrogens is 563 g/mol. The molecule has 0 saturated heterocycles. The van der Waals surface area contributed by atoms with Gasteiger partial charge in [-0.2, -0.15) is 18.4 Å². The van der Waals surface area contributed by atoms with Gasteiger partial charge in [0.2, 0.25) is 12.7 Å². The van der Waals surface area contributed by atoms with Gasteiger partial charge in [-0.25, -0.2) is 4.98 Å². The fraction of sp³-hybridized carbons (Fsp3) is 0.156. The molecule has 0 spiro atoms. The third-order valence-electron chi connectivity index (χ3n) is 6.58. The zero-order valence-electron chi connectivity index (χ0n) is 23.0. The Morgan fingerprint density at radius 1 is 1.07 bits per heavy atom. The molecule has 1 amide bonds. The van der Waals surface area contributed by atoms with Crippen molar-refractivity contribution in [2.45, 2.75) is 13.1 Å². The number of hydrogen-bond donors (Lipinski definition) is 1. The molecule has 218 valence electrons. The molecule has 3 aromatic carbocycles. The maximum absolute atomic E-state index is 13.4. The predicted octanol–water partition coefficient (Wildman–Crippen LogP) is 6.92. The van der Waals surface area contributed by atoms with Crippen molar-refractivity contribution >= 4 is 12.0 Å². The number of aromatic nitrogens is 1. The summed E-state index contributed by atoms with van der Waals surface area (Å²) in [5.41, 5.74) is 0.901. The van der Waals surface area contributed by atoms with Gasteiger partial charge in [-0.15, -0.1) is 0 Å². The lowest BCUT2D eigenvalue weighted by Gasteiger charge is -2.16. The molecule has 0 bridgehead atoms. The second-order valence-corrected chi connectivity index (χ2v) is 9.28. The van der Waals surface area contributed by atoms with E-state index >= 15 is 0 Å². The molecule has 0 aliphatic carbocycles. The second-order valence-electron chi connectivity index (χ2n) is 9.28. The van der Waals surface area contributed by atoms with Gasteiger partial charge in [-0.3, -0.25) is 4.79 Å². The molecule has 0 unspecified atom stereocenters. The van der Waals surface area contributed by atoms with Crippen molar-refractivity contribution in [1.82, 2.24) is 10.3 Å². The van der Waals surface area contributed by atoms with Crippen LogP contribution >= 0.6 is 0 Å². The number of hydrogen-bond acceptors (Lipinski definition) is 7. The third kappa shape index (κ3) is 6.23. The first kappa shape index (κ1) is 29.0. The van der Waals surface area contributed by atoms with Crippen LogP contribution in [0.3, 0.4) is 0 Å². The van der Waals surface area contributed by atoms with Crippen molar-refractivity contribution in [1.29, 1.82) is 5.26 Å². The second kappa shape index (κ2) is 12.2. The zero-order valence-corrected chi connectivity index (χ0v) is 23.0. The van der Waals surface area contributed by atoms with Crippen molar-refractivity contribution in [3.8, 4) is 46.1 Å². The Morgan fingerprint density at radius 3 is 2.51 bits per heavy atom. The van der Waals surface area contributed by atoms with Crippen LogP contribution in [-0.4, -0.2) is 31.3 Å². The molecule has 8 nitrogen and oxygen atoms in total.